The van der Waals surface area contributed by atoms with Crippen LogP contribution in [0.25, 0.3) is 28.2 Å². The van der Waals surface area contributed by atoms with Crippen molar-refractivity contribution in [1.82, 2.24) is 14.8 Å². The van der Waals surface area contributed by atoms with Gasteiger partial charge in [0.05, 0.1) is 16.8 Å². The second-order valence-electron chi connectivity index (χ2n) is 8.49. The van der Waals surface area contributed by atoms with Crippen molar-refractivity contribution >= 4 is 38.8 Å². The smallest absolute Gasteiger partial charge is 0.254 e. The zero-order valence-electron chi connectivity index (χ0n) is 18.9. The van der Waals surface area contributed by atoms with Gasteiger partial charge in [-0.3, -0.25) is 9.69 Å². The lowest BCUT2D eigenvalue weighted by Gasteiger charge is -2.34. The van der Waals surface area contributed by atoms with Crippen LogP contribution in [0.15, 0.2) is 95.5 Å². The zero-order valence-corrected chi connectivity index (χ0v) is 20.5. The van der Waals surface area contributed by atoms with Gasteiger partial charge in [-0.15, -0.1) is 0 Å². The number of amides is 1. The minimum Gasteiger partial charge on any atom is -0.336 e. The highest BCUT2D eigenvalue weighted by Gasteiger charge is 2.24. The van der Waals surface area contributed by atoms with Crippen molar-refractivity contribution in [2.75, 3.05) is 32.7 Å². The number of pyridine rings is 1. The van der Waals surface area contributed by atoms with Gasteiger partial charge in [0.25, 0.3) is 5.91 Å². The molecule has 1 aromatic heterocycles. The fourth-order valence-corrected chi connectivity index (χ4v) is 4.75. The Hall–Kier alpha value is -3.28. The van der Waals surface area contributed by atoms with Gasteiger partial charge in [0.2, 0.25) is 0 Å². The highest BCUT2D eigenvalue weighted by atomic mass is 79.9. The maximum Gasteiger partial charge on any atom is 0.254 e. The van der Waals surface area contributed by atoms with Crippen LogP contribution in [0.2, 0.25) is 0 Å². The largest absolute Gasteiger partial charge is 0.336 e. The number of piperazine rings is 1. The van der Waals surface area contributed by atoms with Crippen LogP contribution in [-0.2, 0) is 0 Å². The predicted octanol–water partition coefficient (Wildman–Crippen LogP) is 6.14. The molecule has 1 fully saturated rings. The van der Waals surface area contributed by atoms with Gasteiger partial charge in [-0.2, -0.15) is 0 Å². The number of nitrogens with zero attached hydrogens (tertiary/aromatic N) is 3. The molecule has 0 spiro atoms. The Balaban J connectivity index is 1.32. The molecule has 0 atom stereocenters. The SMILES string of the molecule is O=C(c1cc(-c2cccc(Br)c2)nc2ccccc12)N1CCN(C/C=C/c2ccccc2)CC1. The third-order valence-electron chi connectivity index (χ3n) is 6.20. The number of benzene rings is 3. The van der Waals surface area contributed by atoms with E-state index in [9.17, 15) is 4.79 Å². The number of rotatable bonds is 5. The molecule has 1 aliphatic rings. The first-order valence-corrected chi connectivity index (χ1v) is 12.4. The average Bonchev–Trinajstić information content (AvgIpc) is 2.89. The third-order valence-corrected chi connectivity index (χ3v) is 6.69. The molecule has 3 aromatic carbocycles. The summed E-state index contributed by atoms with van der Waals surface area (Å²) in [5.74, 6) is 0.0781. The van der Waals surface area contributed by atoms with Crippen molar-refractivity contribution in [3.05, 3.63) is 107 Å². The molecular formula is C29H26BrN3O. The summed E-state index contributed by atoms with van der Waals surface area (Å²) in [5, 5.41) is 0.902. The van der Waals surface area contributed by atoms with E-state index in [4.69, 9.17) is 4.98 Å². The van der Waals surface area contributed by atoms with E-state index in [1.54, 1.807) is 0 Å². The van der Waals surface area contributed by atoms with Gasteiger partial charge >= 0.3 is 0 Å². The minimum atomic E-state index is 0.0781. The molecule has 5 rings (SSSR count). The van der Waals surface area contributed by atoms with Crippen molar-refractivity contribution in [3.63, 3.8) is 0 Å². The molecule has 4 nitrogen and oxygen atoms in total. The van der Waals surface area contributed by atoms with Gasteiger partial charge < -0.3 is 4.90 Å². The van der Waals surface area contributed by atoms with Gasteiger partial charge in [0, 0.05) is 48.1 Å². The molecule has 0 radical (unpaired) electrons. The Labute approximate surface area is 208 Å². The summed E-state index contributed by atoms with van der Waals surface area (Å²) in [6.45, 7) is 4.07. The van der Waals surface area contributed by atoms with Crippen LogP contribution in [0.3, 0.4) is 0 Å². The standard InChI is InChI=1S/C29H26BrN3O/c30-24-12-6-11-23(20-24)28-21-26(25-13-4-5-14-27(25)31-28)29(34)33-18-16-32(17-19-33)15-7-10-22-8-2-1-3-9-22/h1-14,20-21H,15-19H2/b10-7+. The molecule has 1 amide bonds. The number of hydrogen-bond acceptors (Lipinski definition) is 3. The quantitative estimate of drug-likeness (QED) is 0.323. The molecule has 0 bridgehead atoms. The molecule has 0 N–H and O–H groups in total. The molecule has 4 aromatic rings. The number of carbonyl (C=O) groups is 1. The van der Waals surface area contributed by atoms with Gasteiger partial charge in [-0.25, -0.2) is 4.98 Å². The Bertz CT molecular complexity index is 1330. The van der Waals surface area contributed by atoms with E-state index in [1.807, 2.05) is 65.6 Å². The summed E-state index contributed by atoms with van der Waals surface area (Å²) in [4.78, 5) is 22.8. The van der Waals surface area contributed by atoms with E-state index >= 15 is 0 Å². The maximum atomic E-state index is 13.6. The second-order valence-corrected chi connectivity index (χ2v) is 9.40. The van der Waals surface area contributed by atoms with Crippen molar-refractivity contribution in [2.24, 2.45) is 0 Å². The number of para-hydroxylation sites is 1. The van der Waals surface area contributed by atoms with E-state index in [0.29, 0.717) is 0 Å². The normalized spacial score (nSPS) is 14.7. The summed E-state index contributed by atoms with van der Waals surface area (Å²) in [6, 6.07) is 28.2. The summed E-state index contributed by atoms with van der Waals surface area (Å²) >= 11 is 3.54. The van der Waals surface area contributed by atoms with E-state index < -0.39 is 0 Å². The first kappa shape index (κ1) is 22.5. The van der Waals surface area contributed by atoms with Gasteiger partial charge in [-0.05, 0) is 29.8 Å². The Morgan fingerprint density at radius 3 is 2.44 bits per heavy atom. The van der Waals surface area contributed by atoms with Gasteiger partial charge in [0.1, 0.15) is 0 Å². The monoisotopic (exact) mass is 511 g/mol. The minimum absolute atomic E-state index is 0.0781. The highest BCUT2D eigenvalue weighted by Crippen LogP contribution is 2.27. The van der Waals surface area contributed by atoms with Crippen LogP contribution in [0, 0.1) is 0 Å². The van der Waals surface area contributed by atoms with Gasteiger partial charge in [0.15, 0.2) is 0 Å². The summed E-state index contributed by atoms with van der Waals surface area (Å²) in [6.07, 6.45) is 4.36. The van der Waals surface area contributed by atoms with Crippen molar-refractivity contribution in [3.8, 4) is 11.3 Å². The molecule has 0 aliphatic carbocycles. The fraction of sp³-hybridized carbons (Fsp3) is 0.172. The summed E-state index contributed by atoms with van der Waals surface area (Å²) in [7, 11) is 0. The zero-order chi connectivity index (χ0) is 23.3. The maximum absolute atomic E-state index is 13.6. The van der Waals surface area contributed by atoms with Crippen LogP contribution in [0.5, 0.6) is 0 Å². The molecule has 0 unspecified atom stereocenters. The molecular weight excluding hydrogens is 486 g/mol. The molecule has 170 valence electrons. The Kier molecular flexibility index (Phi) is 6.84. The summed E-state index contributed by atoms with van der Waals surface area (Å²) < 4.78 is 0.991. The third kappa shape index (κ3) is 5.11. The van der Waals surface area contributed by atoms with Crippen LogP contribution in [0.4, 0.5) is 0 Å². The van der Waals surface area contributed by atoms with Crippen LogP contribution >= 0.6 is 15.9 Å². The van der Waals surface area contributed by atoms with Crippen LogP contribution in [-0.4, -0.2) is 53.4 Å². The number of hydrogen-bond donors (Lipinski definition) is 0. The lowest BCUT2D eigenvalue weighted by molar-refractivity contribution is 0.0652. The molecule has 5 heteroatoms. The first-order valence-electron chi connectivity index (χ1n) is 11.6. The van der Waals surface area contributed by atoms with Crippen molar-refractivity contribution in [2.45, 2.75) is 0 Å². The number of halogens is 1. The fourth-order valence-electron chi connectivity index (χ4n) is 4.35. The van der Waals surface area contributed by atoms with Crippen LogP contribution in [0.1, 0.15) is 15.9 Å². The second kappa shape index (κ2) is 10.3. The summed E-state index contributed by atoms with van der Waals surface area (Å²) in [5.41, 5.74) is 4.57. The molecule has 34 heavy (non-hydrogen) atoms. The average molecular weight is 512 g/mol. The van der Waals surface area contributed by atoms with Crippen molar-refractivity contribution in [1.29, 1.82) is 0 Å². The molecule has 2 heterocycles. The highest BCUT2D eigenvalue weighted by molar-refractivity contribution is 9.10. The van der Waals surface area contributed by atoms with Crippen molar-refractivity contribution < 1.29 is 4.79 Å². The first-order chi connectivity index (χ1) is 16.7. The Morgan fingerprint density at radius 1 is 0.882 bits per heavy atom. The van der Waals surface area contributed by atoms with E-state index in [1.165, 1.54) is 5.56 Å². The number of aromatic nitrogens is 1. The van der Waals surface area contributed by atoms with E-state index in [2.05, 4.69) is 57.2 Å². The van der Waals surface area contributed by atoms with E-state index in [0.717, 1.165) is 64.9 Å². The van der Waals surface area contributed by atoms with Gasteiger partial charge in [-0.1, -0.05) is 88.7 Å². The molecule has 1 aliphatic heterocycles. The van der Waals surface area contributed by atoms with Crippen LogP contribution < -0.4 is 0 Å². The Morgan fingerprint density at radius 2 is 1.65 bits per heavy atom. The molecule has 1 saturated heterocycles. The number of fused-ring (bicyclic) bond motifs is 1. The molecule has 0 saturated carbocycles. The lowest BCUT2D eigenvalue weighted by Crippen LogP contribution is -2.48. The topological polar surface area (TPSA) is 36.4 Å². The predicted molar refractivity (Wildman–Crippen MR) is 143 cm³/mol. The lowest BCUT2D eigenvalue weighted by atomic mass is 10.0. The number of carbonyl (C=O) groups excluding carboxylic acids is 1. The van der Waals surface area contributed by atoms with E-state index in [-0.39, 0.29) is 5.91 Å².